The molecule has 0 radical (unpaired) electrons. The van der Waals surface area contributed by atoms with Crippen molar-refractivity contribution in [2.75, 3.05) is 13.6 Å². The molecule has 1 aromatic heterocycles. The van der Waals surface area contributed by atoms with Gasteiger partial charge < -0.3 is 5.32 Å². The normalized spacial score (nSPS) is 9.83. The summed E-state index contributed by atoms with van der Waals surface area (Å²) in [5, 5.41) is 3.02. The van der Waals surface area contributed by atoms with Gasteiger partial charge in [0, 0.05) is 0 Å². The van der Waals surface area contributed by atoms with E-state index >= 15 is 0 Å². The molecule has 0 saturated carbocycles. The number of likely N-dealkylation sites (N-methyl/N-ethyl adjacent to an activating group) is 1. The third kappa shape index (κ3) is 2.25. The van der Waals surface area contributed by atoms with Crippen LogP contribution in [0.4, 0.5) is 0 Å². The lowest BCUT2D eigenvalue weighted by Crippen LogP contribution is -2.19. The molecular formula is C7H8ClN3O. The van der Waals surface area contributed by atoms with E-state index in [4.69, 9.17) is 11.6 Å². The van der Waals surface area contributed by atoms with E-state index in [0.717, 1.165) is 0 Å². The van der Waals surface area contributed by atoms with E-state index < -0.39 is 0 Å². The summed E-state index contributed by atoms with van der Waals surface area (Å²) in [6.07, 6.45) is 2.71. The number of carbonyl (C=O) groups excluding carboxylic acids is 1. The Hall–Kier alpha value is -1.00. The van der Waals surface area contributed by atoms with Crippen molar-refractivity contribution in [1.82, 2.24) is 15.3 Å². The lowest BCUT2D eigenvalue weighted by atomic mass is 10.3. The highest BCUT2D eigenvalue weighted by Gasteiger charge is 2.05. The van der Waals surface area contributed by atoms with Gasteiger partial charge in [0.25, 0.3) is 0 Å². The quantitative estimate of drug-likeness (QED) is 0.699. The first kappa shape index (κ1) is 9.09. The Morgan fingerprint density at radius 2 is 2.33 bits per heavy atom. The Morgan fingerprint density at radius 3 is 2.83 bits per heavy atom. The van der Waals surface area contributed by atoms with Crippen LogP contribution in [-0.2, 0) is 0 Å². The third-order valence-corrected chi connectivity index (χ3v) is 1.44. The van der Waals surface area contributed by atoms with E-state index in [1.807, 2.05) is 0 Å². The summed E-state index contributed by atoms with van der Waals surface area (Å²) in [4.78, 5) is 18.7. The summed E-state index contributed by atoms with van der Waals surface area (Å²) in [6, 6.07) is 0. The molecule has 4 nitrogen and oxygen atoms in total. The Bertz CT molecular complexity index is 272. The van der Waals surface area contributed by atoms with Crippen LogP contribution in [-0.4, -0.2) is 29.3 Å². The van der Waals surface area contributed by atoms with Crippen molar-refractivity contribution >= 4 is 17.4 Å². The SMILES string of the molecule is CNCC(=O)c1cnc(Cl)cn1. The first-order chi connectivity index (χ1) is 5.74. The molecule has 0 aliphatic rings. The van der Waals surface area contributed by atoms with Crippen molar-refractivity contribution in [3.63, 3.8) is 0 Å². The molecule has 0 aromatic carbocycles. The fraction of sp³-hybridized carbons (Fsp3) is 0.286. The van der Waals surface area contributed by atoms with E-state index in [1.165, 1.54) is 12.4 Å². The van der Waals surface area contributed by atoms with Gasteiger partial charge in [0.2, 0.25) is 0 Å². The zero-order valence-corrected chi connectivity index (χ0v) is 7.30. The van der Waals surface area contributed by atoms with Gasteiger partial charge in [-0.3, -0.25) is 4.79 Å². The van der Waals surface area contributed by atoms with Crippen LogP contribution in [0.15, 0.2) is 12.4 Å². The van der Waals surface area contributed by atoms with Crippen LogP contribution in [0, 0.1) is 0 Å². The summed E-state index contributed by atoms with van der Waals surface area (Å²) in [6.45, 7) is 0.260. The van der Waals surface area contributed by atoms with Gasteiger partial charge in [-0.2, -0.15) is 0 Å². The Labute approximate surface area is 75.0 Å². The Morgan fingerprint density at radius 1 is 1.58 bits per heavy atom. The average molecular weight is 186 g/mol. The summed E-state index contributed by atoms with van der Waals surface area (Å²) < 4.78 is 0. The molecule has 1 aromatic rings. The predicted octanol–water partition coefficient (Wildman–Crippen LogP) is 0.532. The van der Waals surface area contributed by atoms with Gasteiger partial charge in [0.15, 0.2) is 5.78 Å². The van der Waals surface area contributed by atoms with Crippen LogP contribution in [0.3, 0.4) is 0 Å². The van der Waals surface area contributed by atoms with Gasteiger partial charge >= 0.3 is 0 Å². The van der Waals surface area contributed by atoms with Crippen LogP contribution in [0.25, 0.3) is 0 Å². The molecule has 0 atom stereocenters. The Balaban J connectivity index is 2.75. The Kier molecular flexibility index (Phi) is 3.13. The summed E-state index contributed by atoms with van der Waals surface area (Å²) in [5.74, 6) is -0.0957. The van der Waals surface area contributed by atoms with Crippen molar-refractivity contribution < 1.29 is 4.79 Å². The first-order valence-electron chi connectivity index (χ1n) is 3.39. The number of ketones is 1. The monoisotopic (exact) mass is 185 g/mol. The molecule has 1 heterocycles. The van der Waals surface area contributed by atoms with E-state index in [2.05, 4.69) is 15.3 Å². The standard InChI is InChI=1S/C7H8ClN3O/c1-9-3-6(12)5-2-11-7(8)4-10-5/h2,4,9H,3H2,1H3. The predicted molar refractivity (Wildman–Crippen MR) is 45.3 cm³/mol. The summed E-state index contributed by atoms with van der Waals surface area (Å²) in [7, 11) is 1.70. The molecule has 0 amide bonds. The molecule has 0 spiro atoms. The summed E-state index contributed by atoms with van der Waals surface area (Å²) in [5.41, 5.74) is 0.328. The topological polar surface area (TPSA) is 54.9 Å². The maximum atomic E-state index is 11.1. The van der Waals surface area contributed by atoms with Gasteiger partial charge in [-0.15, -0.1) is 0 Å². The highest BCUT2D eigenvalue weighted by atomic mass is 35.5. The number of hydrogen-bond acceptors (Lipinski definition) is 4. The molecule has 0 unspecified atom stereocenters. The molecule has 1 N–H and O–H groups in total. The van der Waals surface area contributed by atoms with E-state index in [0.29, 0.717) is 5.69 Å². The number of nitrogens with zero attached hydrogens (tertiary/aromatic N) is 2. The second kappa shape index (κ2) is 4.13. The second-order valence-electron chi connectivity index (χ2n) is 2.18. The molecule has 0 aliphatic heterocycles. The second-order valence-corrected chi connectivity index (χ2v) is 2.57. The van der Waals surface area contributed by atoms with Crippen LogP contribution < -0.4 is 5.32 Å². The van der Waals surface area contributed by atoms with Crippen molar-refractivity contribution in [3.8, 4) is 0 Å². The third-order valence-electron chi connectivity index (χ3n) is 1.24. The number of rotatable bonds is 3. The van der Waals surface area contributed by atoms with Gasteiger partial charge in [-0.1, -0.05) is 11.6 Å². The highest BCUT2D eigenvalue weighted by Crippen LogP contribution is 2.01. The minimum absolute atomic E-state index is 0.0957. The lowest BCUT2D eigenvalue weighted by molar-refractivity contribution is 0.0988. The van der Waals surface area contributed by atoms with Crippen molar-refractivity contribution in [1.29, 1.82) is 0 Å². The summed E-state index contributed by atoms with van der Waals surface area (Å²) >= 11 is 5.49. The van der Waals surface area contributed by atoms with E-state index in [-0.39, 0.29) is 17.5 Å². The van der Waals surface area contributed by atoms with Gasteiger partial charge in [-0.05, 0) is 7.05 Å². The molecule has 0 bridgehead atoms. The van der Waals surface area contributed by atoms with Crippen LogP contribution >= 0.6 is 11.6 Å². The number of Topliss-reactive ketones (excluding diaryl/α,β-unsaturated/α-hetero) is 1. The number of nitrogens with one attached hydrogen (secondary N) is 1. The van der Waals surface area contributed by atoms with Crippen molar-refractivity contribution in [3.05, 3.63) is 23.2 Å². The van der Waals surface area contributed by atoms with Crippen LogP contribution in [0.1, 0.15) is 10.5 Å². The average Bonchev–Trinajstić information content (AvgIpc) is 2.06. The zero-order valence-electron chi connectivity index (χ0n) is 6.54. The van der Waals surface area contributed by atoms with Crippen molar-refractivity contribution in [2.24, 2.45) is 0 Å². The molecule has 5 heteroatoms. The van der Waals surface area contributed by atoms with E-state index in [1.54, 1.807) is 7.05 Å². The fourth-order valence-electron chi connectivity index (χ4n) is 0.707. The fourth-order valence-corrected chi connectivity index (χ4v) is 0.805. The minimum atomic E-state index is -0.0957. The molecule has 0 saturated heterocycles. The molecule has 64 valence electrons. The lowest BCUT2D eigenvalue weighted by Gasteiger charge is -1.97. The smallest absolute Gasteiger partial charge is 0.196 e. The largest absolute Gasteiger partial charge is 0.313 e. The van der Waals surface area contributed by atoms with Gasteiger partial charge in [0.1, 0.15) is 10.8 Å². The van der Waals surface area contributed by atoms with Crippen LogP contribution in [0.5, 0.6) is 0 Å². The highest BCUT2D eigenvalue weighted by molar-refractivity contribution is 6.29. The van der Waals surface area contributed by atoms with Gasteiger partial charge in [0.05, 0.1) is 18.9 Å². The molecular weight excluding hydrogens is 178 g/mol. The zero-order chi connectivity index (χ0) is 8.97. The molecule has 0 fully saturated rings. The van der Waals surface area contributed by atoms with Crippen LogP contribution in [0.2, 0.25) is 5.15 Å². The van der Waals surface area contributed by atoms with E-state index in [9.17, 15) is 4.79 Å². The molecule has 12 heavy (non-hydrogen) atoms. The number of aromatic nitrogens is 2. The maximum absolute atomic E-state index is 11.1. The minimum Gasteiger partial charge on any atom is -0.313 e. The first-order valence-corrected chi connectivity index (χ1v) is 3.77. The number of halogens is 1. The number of hydrogen-bond donors (Lipinski definition) is 1. The number of carbonyl (C=O) groups is 1. The maximum Gasteiger partial charge on any atom is 0.196 e. The molecule has 1 rings (SSSR count). The van der Waals surface area contributed by atoms with Gasteiger partial charge in [-0.25, -0.2) is 9.97 Å². The van der Waals surface area contributed by atoms with Crippen molar-refractivity contribution in [2.45, 2.75) is 0 Å². The molecule has 0 aliphatic carbocycles.